The van der Waals surface area contributed by atoms with Crippen LogP contribution in [0, 0.1) is 0 Å². The Balaban J connectivity index is 3.70. The first-order valence-corrected chi connectivity index (χ1v) is 4.88. The van der Waals surface area contributed by atoms with Crippen LogP contribution in [0.15, 0.2) is 0 Å². The zero-order valence-corrected chi connectivity index (χ0v) is 8.79. The van der Waals surface area contributed by atoms with E-state index in [0.717, 1.165) is 5.75 Å². The molecule has 0 spiro atoms. The predicted octanol–water partition coefficient (Wildman–Crippen LogP) is 1.19. The summed E-state index contributed by atoms with van der Waals surface area (Å²) in [6.45, 7) is 9.06. The lowest BCUT2D eigenvalue weighted by molar-refractivity contribution is 0.585. The molecule has 0 aliphatic heterocycles. The van der Waals surface area contributed by atoms with Crippen LogP contribution in [0.25, 0.3) is 0 Å². The lowest BCUT2D eigenvalue weighted by Crippen LogP contribution is -2.38. The maximum Gasteiger partial charge on any atom is 0.0226 e. The third kappa shape index (κ3) is 6.66. The van der Waals surface area contributed by atoms with Crippen molar-refractivity contribution >= 4 is 11.8 Å². The number of thioether (sulfide) groups is 1. The molecule has 0 rings (SSSR count). The fraction of sp³-hybridized carbons (Fsp3) is 1.00. The zero-order chi connectivity index (χ0) is 9.12. The molecule has 0 fully saturated rings. The van der Waals surface area contributed by atoms with Gasteiger partial charge in [-0.3, -0.25) is 0 Å². The highest BCUT2D eigenvalue weighted by atomic mass is 32.2. The van der Waals surface area contributed by atoms with Crippen LogP contribution in [0.1, 0.15) is 27.7 Å². The molecule has 68 valence electrons. The van der Waals surface area contributed by atoms with Crippen molar-refractivity contribution in [1.82, 2.24) is 0 Å². The molecule has 0 atom stereocenters. The van der Waals surface area contributed by atoms with E-state index in [-0.39, 0.29) is 10.3 Å². The predicted molar refractivity (Wildman–Crippen MR) is 53.9 cm³/mol. The normalized spacial score (nSPS) is 13.6. The minimum absolute atomic E-state index is 0.0862. The van der Waals surface area contributed by atoms with Crippen LogP contribution >= 0.6 is 11.8 Å². The van der Waals surface area contributed by atoms with Crippen LogP contribution in [0.5, 0.6) is 0 Å². The Bertz CT molecular complexity index is 116. The van der Waals surface area contributed by atoms with Crippen LogP contribution in [-0.4, -0.2) is 22.6 Å². The van der Waals surface area contributed by atoms with Gasteiger partial charge in [-0.05, 0) is 27.7 Å². The highest BCUT2D eigenvalue weighted by Gasteiger charge is 2.20. The summed E-state index contributed by atoms with van der Waals surface area (Å²) in [6.07, 6.45) is 0. The minimum Gasteiger partial charge on any atom is -0.329 e. The van der Waals surface area contributed by atoms with E-state index in [4.69, 9.17) is 11.5 Å². The molecule has 0 aromatic carbocycles. The molecule has 0 aliphatic rings. The quantitative estimate of drug-likeness (QED) is 0.676. The molecule has 0 aromatic heterocycles. The fourth-order valence-corrected chi connectivity index (χ4v) is 1.32. The second-order valence-corrected chi connectivity index (χ2v) is 5.92. The van der Waals surface area contributed by atoms with Gasteiger partial charge in [-0.2, -0.15) is 11.8 Å². The van der Waals surface area contributed by atoms with Gasteiger partial charge < -0.3 is 11.5 Å². The number of hydrogen-bond donors (Lipinski definition) is 2. The maximum atomic E-state index is 5.84. The molecule has 0 bridgehead atoms. The highest BCUT2D eigenvalue weighted by Crippen LogP contribution is 2.25. The summed E-state index contributed by atoms with van der Waals surface area (Å²) in [5.74, 6) is 0.956. The average Bonchev–Trinajstić information content (AvgIpc) is 1.83. The van der Waals surface area contributed by atoms with E-state index in [0.29, 0.717) is 6.54 Å². The van der Waals surface area contributed by atoms with E-state index in [9.17, 15) is 0 Å². The molecule has 0 aromatic rings. The van der Waals surface area contributed by atoms with E-state index in [1.807, 2.05) is 25.6 Å². The van der Waals surface area contributed by atoms with Crippen molar-refractivity contribution in [3.63, 3.8) is 0 Å². The van der Waals surface area contributed by atoms with E-state index >= 15 is 0 Å². The molecule has 0 unspecified atom stereocenters. The number of rotatable bonds is 4. The van der Waals surface area contributed by atoms with Gasteiger partial charge in [0.25, 0.3) is 0 Å². The summed E-state index contributed by atoms with van der Waals surface area (Å²) in [4.78, 5) is 0. The lowest BCUT2D eigenvalue weighted by atomic mass is 10.1. The highest BCUT2D eigenvalue weighted by molar-refractivity contribution is 8.00. The Hall–Kier alpha value is 0.270. The van der Waals surface area contributed by atoms with Gasteiger partial charge in [-0.1, -0.05) is 0 Å². The first kappa shape index (κ1) is 11.3. The van der Waals surface area contributed by atoms with Crippen molar-refractivity contribution < 1.29 is 0 Å². The van der Waals surface area contributed by atoms with Crippen LogP contribution < -0.4 is 11.5 Å². The molecule has 0 heterocycles. The van der Waals surface area contributed by atoms with E-state index in [2.05, 4.69) is 13.8 Å². The minimum atomic E-state index is -0.0862. The van der Waals surface area contributed by atoms with E-state index in [1.165, 1.54) is 0 Å². The van der Waals surface area contributed by atoms with Crippen molar-refractivity contribution in [2.75, 3.05) is 12.3 Å². The molecule has 0 saturated carbocycles. The van der Waals surface area contributed by atoms with Crippen molar-refractivity contribution in [3.05, 3.63) is 0 Å². The smallest absolute Gasteiger partial charge is 0.0226 e. The topological polar surface area (TPSA) is 52.0 Å². The Morgan fingerprint density at radius 1 is 1.18 bits per heavy atom. The molecule has 0 saturated heterocycles. The van der Waals surface area contributed by atoms with Gasteiger partial charge in [-0.15, -0.1) is 0 Å². The van der Waals surface area contributed by atoms with E-state index < -0.39 is 0 Å². The Morgan fingerprint density at radius 2 is 1.64 bits per heavy atom. The van der Waals surface area contributed by atoms with Gasteiger partial charge in [0.05, 0.1) is 0 Å². The van der Waals surface area contributed by atoms with Crippen LogP contribution in [-0.2, 0) is 0 Å². The van der Waals surface area contributed by atoms with Crippen LogP contribution in [0.3, 0.4) is 0 Å². The molecule has 0 amide bonds. The maximum absolute atomic E-state index is 5.84. The second-order valence-electron chi connectivity index (χ2n) is 4.24. The molecule has 2 nitrogen and oxygen atoms in total. The Labute approximate surface area is 74.1 Å². The number of hydrogen-bond acceptors (Lipinski definition) is 3. The van der Waals surface area contributed by atoms with Crippen molar-refractivity contribution in [1.29, 1.82) is 0 Å². The third-order valence-corrected chi connectivity index (χ3v) is 3.16. The Morgan fingerprint density at radius 3 is 1.91 bits per heavy atom. The molecule has 4 N–H and O–H groups in total. The van der Waals surface area contributed by atoms with E-state index in [1.54, 1.807) is 0 Å². The van der Waals surface area contributed by atoms with Gasteiger partial charge in [0, 0.05) is 22.6 Å². The van der Waals surface area contributed by atoms with Gasteiger partial charge in [-0.25, -0.2) is 0 Å². The first-order chi connectivity index (χ1) is 4.77. The number of nitrogens with two attached hydrogens (primary N) is 2. The summed E-state index contributed by atoms with van der Waals surface area (Å²) in [5, 5.41) is 0. The summed E-state index contributed by atoms with van der Waals surface area (Å²) in [7, 11) is 0. The molecule has 0 radical (unpaired) electrons. The third-order valence-electron chi connectivity index (χ3n) is 1.33. The molecule has 11 heavy (non-hydrogen) atoms. The van der Waals surface area contributed by atoms with Crippen molar-refractivity contribution in [3.8, 4) is 0 Å². The van der Waals surface area contributed by atoms with Crippen LogP contribution in [0.4, 0.5) is 0 Å². The standard InChI is InChI=1S/C8H20N2S/c1-7(2,10)6-11-8(3,4)5-9/h5-6,9-10H2,1-4H3. The van der Waals surface area contributed by atoms with Crippen molar-refractivity contribution in [2.24, 2.45) is 11.5 Å². The Kier molecular flexibility index (Phi) is 3.88. The average molecular weight is 176 g/mol. The summed E-state index contributed by atoms with van der Waals surface area (Å²) in [5.41, 5.74) is 11.3. The summed E-state index contributed by atoms with van der Waals surface area (Å²) < 4.78 is 0.163. The molecule has 0 aliphatic carbocycles. The monoisotopic (exact) mass is 176 g/mol. The fourth-order valence-electron chi connectivity index (χ4n) is 0.440. The van der Waals surface area contributed by atoms with Crippen LogP contribution in [0.2, 0.25) is 0 Å². The van der Waals surface area contributed by atoms with Gasteiger partial charge in [0.15, 0.2) is 0 Å². The van der Waals surface area contributed by atoms with Crippen molar-refractivity contribution in [2.45, 2.75) is 38.0 Å². The molecular formula is C8H20N2S. The summed E-state index contributed by atoms with van der Waals surface area (Å²) >= 11 is 1.84. The molecular weight excluding hydrogens is 156 g/mol. The second kappa shape index (κ2) is 3.78. The largest absolute Gasteiger partial charge is 0.329 e. The SMILES string of the molecule is CC(C)(N)CSC(C)(C)CN. The first-order valence-electron chi connectivity index (χ1n) is 3.90. The molecule has 3 heteroatoms. The lowest BCUT2D eigenvalue weighted by Gasteiger charge is -2.26. The summed E-state index contributed by atoms with van der Waals surface area (Å²) in [6, 6.07) is 0. The van der Waals surface area contributed by atoms with Gasteiger partial charge >= 0.3 is 0 Å². The zero-order valence-electron chi connectivity index (χ0n) is 7.98. The van der Waals surface area contributed by atoms with Gasteiger partial charge in [0.1, 0.15) is 0 Å². The van der Waals surface area contributed by atoms with Gasteiger partial charge in [0.2, 0.25) is 0 Å².